The molecule has 2 amide bonds. The second kappa shape index (κ2) is 10.2. The summed E-state index contributed by atoms with van der Waals surface area (Å²) in [7, 11) is -3.40. The first-order chi connectivity index (χ1) is 14.4. The summed E-state index contributed by atoms with van der Waals surface area (Å²) in [6.07, 6.45) is -0.309. The van der Waals surface area contributed by atoms with Crippen molar-refractivity contribution in [1.82, 2.24) is 19.0 Å². The van der Waals surface area contributed by atoms with Crippen LogP contribution in [-0.2, 0) is 25.3 Å². The van der Waals surface area contributed by atoms with Crippen molar-refractivity contribution in [3.63, 3.8) is 0 Å². The molecule has 2 fully saturated rings. The van der Waals surface area contributed by atoms with Crippen LogP contribution in [-0.4, -0.2) is 105 Å². The monoisotopic (exact) mass is 438 g/mol. The Hall–Kier alpha value is -2.17. The molecule has 0 atom stereocenters. The number of carbonyl (C=O) groups is 2. The van der Waals surface area contributed by atoms with Crippen LogP contribution in [0.3, 0.4) is 0 Å². The Morgan fingerprint density at radius 1 is 0.900 bits per heavy atom. The van der Waals surface area contributed by atoms with E-state index in [1.807, 2.05) is 23.1 Å². The van der Waals surface area contributed by atoms with E-state index in [-0.39, 0.29) is 24.3 Å². The highest BCUT2D eigenvalue weighted by atomic mass is 32.2. The quantitative estimate of drug-likeness (QED) is 0.640. The van der Waals surface area contributed by atoms with Gasteiger partial charge >= 0.3 is 6.09 Å². The number of sulfonamides is 1. The van der Waals surface area contributed by atoms with Gasteiger partial charge in [-0.25, -0.2) is 13.2 Å². The molecular weight excluding hydrogens is 408 g/mol. The number of hydrogen-bond acceptors (Lipinski definition) is 6. The molecule has 3 rings (SSSR count). The molecule has 0 aliphatic carbocycles. The van der Waals surface area contributed by atoms with E-state index in [1.165, 1.54) is 4.31 Å². The highest BCUT2D eigenvalue weighted by Crippen LogP contribution is 2.14. The third-order valence-electron chi connectivity index (χ3n) is 5.43. The predicted molar refractivity (Wildman–Crippen MR) is 112 cm³/mol. The third kappa shape index (κ3) is 5.93. The van der Waals surface area contributed by atoms with Crippen LogP contribution >= 0.6 is 0 Å². The topological polar surface area (TPSA) is 90.5 Å². The van der Waals surface area contributed by atoms with E-state index in [0.717, 1.165) is 5.56 Å². The highest BCUT2D eigenvalue weighted by molar-refractivity contribution is 7.88. The summed E-state index contributed by atoms with van der Waals surface area (Å²) in [5, 5.41) is 0. The number of ether oxygens (including phenoxy) is 1. The van der Waals surface area contributed by atoms with Crippen molar-refractivity contribution in [3.8, 4) is 0 Å². The number of benzene rings is 1. The summed E-state index contributed by atoms with van der Waals surface area (Å²) in [6, 6.07) is 9.12. The van der Waals surface area contributed by atoms with Gasteiger partial charge in [0.15, 0.2) is 0 Å². The highest BCUT2D eigenvalue weighted by Gasteiger charge is 2.30. The lowest BCUT2D eigenvalue weighted by molar-refractivity contribution is -0.134. The van der Waals surface area contributed by atoms with E-state index in [2.05, 4.69) is 0 Å². The largest absolute Gasteiger partial charge is 0.450 e. The number of rotatable bonds is 6. The smallest absolute Gasteiger partial charge is 0.409 e. The van der Waals surface area contributed by atoms with Gasteiger partial charge in [0.25, 0.3) is 0 Å². The minimum atomic E-state index is -3.40. The zero-order valence-corrected chi connectivity index (χ0v) is 18.2. The van der Waals surface area contributed by atoms with Crippen LogP contribution in [0.2, 0.25) is 0 Å². The van der Waals surface area contributed by atoms with Gasteiger partial charge < -0.3 is 14.5 Å². The standard InChI is InChI=1S/C20H30N4O5S/c1-2-29-20(26)23-10-8-21(9-11-23)16-19(25)22-12-14-24(15-13-22)30(27,28)17-18-6-4-3-5-7-18/h3-7H,2,8-17H2,1H3. The Labute approximate surface area is 178 Å². The van der Waals surface area contributed by atoms with Crippen LogP contribution in [0.1, 0.15) is 12.5 Å². The number of piperazine rings is 2. The zero-order valence-electron chi connectivity index (χ0n) is 17.4. The van der Waals surface area contributed by atoms with E-state index in [9.17, 15) is 18.0 Å². The molecule has 10 heteroatoms. The van der Waals surface area contributed by atoms with Gasteiger partial charge in [-0.1, -0.05) is 30.3 Å². The first-order valence-corrected chi connectivity index (χ1v) is 11.9. The van der Waals surface area contributed by atoms with Crippen molar-refractivity contribution in [2.24, 2.45) is 0 Å². The number of carbonyl (C=O) groups excluding carboxylic acids is 2. The summed E-state index contributed by atoms with van der Waals surface area (Å²) in [5.74, 6) is -0.0216. The number of hydrogen-bond donors (Lipinski definition) is 0. The van der Waals surface area contributed by atoms with Gasteiger partial charge in [0.1, 0.15) is 0 Å². The van der Waals surface area contributed by atoms with Crippen LogP contribution in [0, 0.1) is 0 Å². The minimum absolute atomic E-state index is 0.000285. The van der Waals surface area contributed by atoms with Crippen molar-refractivity contribution in [2.45, 2.75) is 12.7 Å². The maximum atomic E-state index is 12.7. The fourth-order valence-electron chi connectivity index (χ4n) is 3.69. The maximum Gasteiger partial charge on any atom is 0.409 e. The molecule has 0 unspecified atom stereocenters. The summed E-state index contributed by atoms with van der Waals surface area (Å²) in [5.41, 5.74) is 0.762. The summed E-state index contributed by atoms with van der Waals surface area (Å²) in [6.45, 7) is 6.17. The Morgan fingerprint density at radius 2 is 1.50 bits per heavy atom. The molecule has 2 aliphatic heterocycles. The molecule has 0 N–H and O–H groups in total. The first-order valence-electron chi connectivity index (χ1n) is 10.3. The minimum Gasteiger partial charge on any atom is -0.450 e. The Morgan fingerprint density at radius 3 is 2.10 bits per heavy atom. The lowest BCUT2D eigenvalue weighted by Gasteiger charge is -2.37. The number of nitrogens with zero attached hydrogens (tertiary/aromatic N) is 4. The first kappa shape index (κ1) is 22.5. The molecule has 0 radical (unpaired) electrons. The van der Waals surface area contributed by atoms with E-state index >= 15 is 0 Å². The molecule has 0 aromatic heterocycles. The summed E-state index contributed by atoms with van der Waals surface area (Å²) < 4.78 is 31.8. The molecule has 0 bridgehead atoms. The van der Waals surface area contributed by atoms with Crippen molar-refractivity contribution < 1.29 is 22.7 Å². The molecule has 30 heavy (non-hydrogen) atoms. The van der Waals surface area contributed by atoms with Gasteiger partial charge in [-0.05, 0) is 12.5 Å². The van der Waals surface area contributed by atoms with E-state index < -0.39 is 10.0 Å². The predicted octanol–water partition coefficient (Wildman–Crippen LogP) is 0.435. The molecular formula is C20H30N4O5S. The molecule has 1 aromatic carbocycles. The van der Waals surface area contributed by atoms with Gasteiger partial charge in [-0.15, -0.1) is 0 Å². The van der Waals surface area contributed by atoms with Gasteiger partial charge in [-0.2, -0.15) is 4.31 Å². The summed E-state index contributed by atoms with van der Waals surface area (Å²) in [4.78, 5) is 29.8. The van der Waals surface area contributed by atoms with Crippen molar-refractivity contribution in [2.75, 3.05) is 65.5 Å². The maximum absolute atomic E-state index is 12.7. The van der Waals surface area contributed by atoms with Crippen LogP contribution in [0.15, 0.2) is 30.3 Å². The fourth-order valence-corrected chi connectivity index (χ4v) is 5.20. The van der Waals surface area contributed by atoms with E-state index in [4.69, 9.17) is 4.74 Å². The second-order valence-corrected chi connectivity index (χ2v) is 9.45. The molecule has 0 spiro atoms. The average molecular weight is 439 g/mol. The van der Waals surface area contributed by atoms with Crippen LogP contribution in [0.4, 0.5) is 4.79 Å². The fraction of sp³-hybridized carbons (Fsp3) is 0.600. The molecule has 2 saturated heterocycles. The van der Waals surface area contributed by atoms with Crippen LogP contribution in [0.25, 0.3) is 0 Å². The summed E-state index contributed by atoms with van der Waals surface area (Å²) >= 11 is 0. The SMILES string of the molecule is CCOC(=O)N1CCN(CC(=O)N2CCN(S(=O)(=O)Cc3ccccc3)CC2)CC1. The molecule has 2 heterocycles. The van der Waals surface area contributed by atoms with E-state index in [0.29, 0.717) is 59.0 Å². The third-order valence-corrected chi connectivity index (χ3v) is 7.28. The lowest BCUT2D eigenvalue weighted by atomic mass is 10.2. The zero-order chi connectivity index (χ0) is 21.6. The molecule has 166 valence electrons. The molecule has 9 nitrogen and oxygen atoms in total. The number of amides is 2. The second-order valence-electron chi connectivity index (χ2n) is 7.48. The van der Waals surface area contributed by atoms with Gasteiger partial charge in [-0.3, -0.25) is 9.69 Å². The Balaban J connectivity index is 1.43. The molecule has 1 aromatic rings. The molecule has 0 saturated carbocycles. The van der Waals surface area contributed by atoms with Gasteiger partial charge in [0.05, 0.1) is 18.9 Å². The van der Waals surface area contributed by atoms with Crippen molar-refractivity contribution in [1.29, 1.82) is 0 Å². The van der Waals surface area contributed by atoms with Crippen molar-refractivity contribution >= 4 is 22.0 Å². The lowest BCUT2D eigenvalue weighted by Crippen LogP contribution is -2.55. The Bertz CT molecular complexity index is 817. The average Bonchev–Trinajstić information content (AvgIpc) is 2.75. The van der Waals surface area contributed by atoms with Crippen LogP contribution < -0.4 is 0 Å². The van der Waals surface area contributed by atoms with E-state index in [1.54, 1.807) is 28.9 Å². The normalized spacial score (nSPS) is 19.0. The molecule has 2 aliphatic rings. The van der Waals surface area contributed by atoms with Crippen LogP contribution in [0.5, 0.6) is 0 Å². The van der Waals surface area contributed by atoms with Gasteiger partial charge in [0, 0.05) is 52.4 Å². The van der Waals surface area contributed by atoms with Gasteiger partial charge in [0.2, 0.25) is 15.9 Å². The van der Waals surface area contributed by atoms with Crippen molar-refractivity contribution in [3.05, 3.63) is 35.9 Å². The Kier molecular flexibility index (Phi) is 7.68.